The van der Waals surface area contributed by atoms with Crippen molar-refractivity contribution in [2.45, 2.75) is 52.0 Å². The van der Waals surface area contributed by atoms with E-state index < -0.39 is 0 Å². The second kappa shape index (κ2) is 7.25. The van der Waals surface area contributed by atoms with Crippen molar-refractivity contribution in [3.8, 4) is 0 Å². The van der Waals surface area contributed by atoms with Crippen LogP contribution in [0.15, 0.2) is 17.8 Å². The lowest BCUT2D eigenvalue weighted by molar-refractivity contribution is -0.132. The van der Waals surface area contributed by atoms with E-state index in [4.69, 9.17) is 0 Å². The van der Waals surface area contributed by atoms with Crippen LogP contribution >= 0.6 is 11.3 Å². The highest BCUT2D eigenvalue weighted by Crippen LogP contribution is 2.23. The summed E-state index contributed by atoms with van der Waals surface area (Å²) in [6.45, 7) is 5.86. The summed E-state index contributed by atoms with van der Waals surface area (Å²) in [5.74, 6) is 1.30. The van der Waals surface area contributed by atoms with Crippen LogP contribution in [0.2, 0.25) is 0 Å². The van der Waals surface area contributed by atoms with Crippen molar-refractivity contribution in [3.63, 3.8) is 0 Å². The van der Waals surface area contributed by atoms with Crippen LogP contribution < -0.4 is 0 Å². The van der Waals surface area contributed by atoms with Crippen molar-refractivity contribution in [3.05, 3.63) is 34.3 Å². The van der Waals surface area contributed by atoms with E-state index in [1.165, 1.54) is 0 Å². The van der Waals surface area contributed by atoms with Crippen LogP contribution in [-0.4, -0.2) is 38.4 Å². The first kappa shape index (κ1) is 16.2. The molecule has 124 valence electrons. The number of carbonyl (C=O) groups excluding carboxylic acids is 1. The smallest absolute Gasteiger partial charge is 0.228 e. The van der Waals surface area contributed by atoms with Gasteiger partial charge in [-0.15, -0.1) is 11.3 Å². The van der Waals surface area contributed by atoms with Gasteiger partial charge >= 0.3 is 0 Å². The highest BCUT2D eigenvalue weighted by atomic mass is 32.1. The first-order valence-electron chi connectivity index (χ1n) is 8.44. The lowest BCUT2D eigenvalue weighted by Gasteiger charge is -2.34. The van der Waals surface area contributed by atoms with Gasteiger partial charge in [0, 0.05) is 37.3 Å². The maximum absolute atomic E-state index is 12.6. The molecule has 1 atom stereocenters. The Morgan fingerprint density at radius 3 is 3.00 bits per heavy atom. The number of carbonyl (C=O) groups is 1. The molecule has 2 aromatic rings. The molecule has 0 spiro atoms. The van der Waals surface area contributed by atoms with Crippen molar-refractivity contribution < 1.29 is 4.79 Å². The van der Waals surface area contributed by atoms with Gasteiger partial charge in [-0.3, -0.25) is 4.79 Å². The summed E-state index contributed by atoms with van der Waals surface area (Å²) in [5, 5.41) is 3.12. The van der Waals surface area contributed by atoms with Crippen LogP contribution in [0.5, 0.6) is 0 Å². The Morgan fingerprint density at radius 1 is 1.39 bits per heavy atom. The van der Waals surface area contributed by atoms with Crippen LogP contribution in [-0.2, 0) is 24.1 Å². The lowest BCUT2D eigenvalue weighted by Crippen LogP contribution is -2.41. The molecular formula is C17H24N4OS. The third kappa shape index (κ3) is 3.63. The number of rotatable bonds is 5. The van der Waals surface area contributed by atoms with E-state index in [0.717, 1.165) is 55.3 Å². The Kier molecular flexibility index (Phi) is 5.10. The molecule has 5 nitrogen and oxygen atoms in total. The van der Waals surface area contributed by atoms with Gasteiger partial charge in [0.15, 0.2) is 0 Å². The van der Waals surface area contributed by atoms with Crippen LogP contribution in [0.25, 0.3) is 0 Å². The molecule has 1 amide bonds. The number of likely N-dealkylation sites (tertiary alicyclic amines) is 1. The maximum Gasteiger partial charge on any atom is 0.228 e. The highest BCUT2D eigenvalue weighted by Gasteiger charge is 2.26. The largest absolute Gasteiger partial charge is 0.340 e. The number of hydrogen-bond donors (Lipinski definition) is 0. The normalized spacial score (nSPS) is 18.3. The van der Waals surface area contributed by atoms with Crippen molar-refractivity contribution in [2.75, 3.05) is 13.1 Å². The highest BCUT2D eigenvalue weighted by molar-refractivity contribution is 7.09. The Bertz CT molecular complexity index is 663. The molecule has 1 fully saturated rings. The Balaban J connectivity index is 1.64. The topological polar surface area (TPSA) is 51.0 Å². The van der Waals surface area contributed by atoms with Gasteiger partial charge in [-0.1, -0.05) is 13.8 Å². The summed E-state index contributed by atoms with van der Waals surface area (Å²) < 4.78 is 2.25. The van der Waals surface area contributed by atoms with Crippen LogP contribution in [0.3, 0.4) is 0 Å². The first-order valence-corrected chi connectivity index (χ1v) is 9.32. The summed E-state index contributed by atoms with van der Waals surface area (Å²) >= 11 is 1.65. The molecule has 6 heteroatoms. The number of thiazole rings is 1. The second-order valence-corrected chi connectivity index (χ2v) is 6.95. The number of imidazole rings is 1. The summed E-state index contributed by atoms with van der Waals surface area (Å²) in [6, 6.07) is 0.354. The van der Waals surface area contributed by atoms with Crippen molar-refractivity contribution >= 4 is 17.2 Å². The fraction of sp³-hybridized carbons (Fsp3) is 0.588. The predicted molar refractivity (Wildman–Crippen MR) is 91.7 cm³/mol. The standard InChI is InChI=1S/C17H24N4OS/c1-3-15-18-7-9-21(15)14-6-5-8-20(11-14)17(22)10-13-12-23-16(4-2)19-13/h7,9,12,14H,3-6,8,10-11H2,1-2H3. The molecule has 0 saturated carbocycles. The average molecular weight is 332 g/mol. The van der Waals surface area contributed by atoms with Crippen molar-refractivity contribution in [1.29, 1.82) is 0 Å². The minimum atomic E-state index is 0.195. The SMILES string of the molecule is CCc1nc(CC(=O)N2CCCC(n3ccnc3CC)C2)cs1. The zero-order valence-corrected chi connectivity index (χ0v) is 14.7. The average Bonchev–Trinajstić information content (AvgIpc) is 3.23. The first-order chi connectivity index (χ1) is 11.2. The number of amides is 1. The van der Waals surface area contributed by atoms with Crippen LogP contribution in [0, 0.1) is 0 Å². The third-order valence-corrected chi connectivity index (χ3v) is 5.48. The quantitative estimate of drug-likeness (QED) is 0.846. The Labute approximate surface area is 141 Å². The molecule has 0 aliphatic carbocycles. The number of piperidine rings is 1. The number of aryl methyl sites for hydroxylation is 2. The van der Waals surface area contributed by atoms with Gasteiger partial charge in [0.25, 0.3) is 0 Å². The number of hydrogen-bond acceptors (Lipinski definition) is 4. The molecule has 3 rings (SSSR count). The summed E-state index contributed by atoms with van der Waals surface area (Å²) in [5.41, 5.74) is 0.913. The van der Waals surface area contributed by atoms with Gasteiger partial charge in [-0.25, -0.2) is 9.97 Å². The van der Waals surface area contributed by atoms with Gasteiger partial charge in [-0.05, 0) is 19.3 Å². The Morgan fingerprint density at radius 2 is 2.26 bits per heavy atom. The molecule has 1 saturated heterocycles. The van der Waals surface area contributed by atoms with Gasteiger partial charge in [0.1, 0.15) is 5.82 Å². The van der Waals surface area contributed by atoms with E-state index >= 15 is 0 Å². The van der Waals surface area contributed by atoms with E-state index in [0.29, 0.717) is 12.5 Å². The van der Waals surface area contributed by atoms with Gasteiger partial charge in [0.05, 0.1) is 23.2 Å². The summed E-state index contributed by atoms with van der Waals surface area (Å²) in [4.78, 5) is 23.5. The van der Waals surface area contributed by atoms with Crippen molar-refractivity contribution in [1.82, 2.24) is 19.4 Å². The number of aromatic nitrogens is 3. The summed E-state index contributed by atoms with van der Waals surface area (Å²) in [7, 11) is 0. The Hall–Kier alpha value is -1.69. The fourth-order valence-corrected chi connectivity index (χ4v) is 3.96. The molecule has 0 bridgehead atoms. The maximum atomic E-state index is 12.6. The van der Waals surface area contributed by atoms with Crippen molar-refractivity contribution in [2.24, 2.45) is 0 Å². The lowest BCUT2D eigenvalue weighted by atomic mass is 10.0. The van der Waals surface area contributed by atoms with E-state index in [2.05, 4.69) is 28.4 Å². The van der Waals surface area contributed by atoms with Gasteiger partial charge in [0.2, 0.25) is 5.91 Å². The molecule has 1 aliphatic heterocycles. The van der Waals surface area contributed by atoms with E-state index in [9.17, 15) is 4.79 Å². The molecule has 2 aromatic heterocycles. The van der Waals surface area contributed by atoms with Gasteiger partial charge < -0.3 is 9.47 Å². The number of nitrogens with zero attached hydrogens (tertiary/aromatic N) is 4. The molecule has 0 radical (unpaired) electrons. The molecule has 23 heavy (non-hydrogen) atoms. The van der Waals surface area contributed by atoms with Crippen LogP contribution in [0.1, 0.15) is 49.3 Å². The fourth-order valence-electron chi connectivity index (χ4n) is 3.22. The zero-order chi connectivity index (χ0) is 16.2. The van der Waals surface area contributed by atoms with Crippen LogP contribution in [0.4, 0.5) is 0 Å². The third-order valence-electron chi connectivity index (χ3n) is 4.44. The molecule has 1 aliphatic rings. The predicted octanol–water partition coefficient (Wildman–Crippen LogP) is 2.87. The summed E-state index contributed by atoms with van der Waals surface area (Å²) in [6.07, 6.45) is 8.36. The minimum Gasteiger partial charge on any atom is -0.340 e. The molecule has 3 heterocycles. The second-order valence-electron chi connectivity index (χ2n) is 6.00. The molecule has 0 aromatic carbocycles. The van der Waals surface area contributed by atoms with E-state index in [1.807, 2.05) is 22.7 Å². The zero-order valence-electron chi connectivity index (χ0n) is 13.9. The minimum absolute atomic E-state index is 0.195. The molecular weight excluding hydrogens is 308 g/mol. The van der Waals surface area contributed by atoms with E-state index in [-0.39, 0.29) is 5.91 Å². The van der Waals surface area contributed by atoms with Gasteiger partial charge in [-0.2, -0.15) is 0 Å². The molecule has 1 unspecified atom stereocenters. The monoisotopic (exact) mass is 332 g/mol. The van der Waals surface area contributed by atoms with E-state index in [1.54, 1.807) is 11.3 Å². The molecule has 0 N–H and O–H groups in total.